The van der Waals surface area contributed by atoms with Gasteiger partial charge in [-0.2, -0.15) is 26.7 Å². The van der Waals surface area contributed by atoms with Gasteiger partial charge in [-0.05, 0) is 24.9 Å². The lowest BCUT2D eigenvalue weighted by molar-refractivity contribution is 0.292. The summed E-state index contributed by atoms with van der Waals surface area (Å²) in [5.41, 5.74) is 5.58. The highest BCUT2D eigenvalue weighted by atomic mass is 32.2. The largest absolute Gasteiger partial charge is 0.463 e. The van der Waals surface area contributed by atoms with E-state index in [1.165, 1.54) is 0 Å². The molecule has 7 heteroatoms. The van der Waals surface area contributed by atoms with Crippen LogP contribution in [0.1, 0.15) is 19.8 Å². The third kappa shape index (κ3) is 5.58. The molecule has 0 unspecified atom stereocenters. The van der Waals surface area contributed by atoms with Crippen LogP contribution >= 0.6 is 11.8 Å². The van der Waals surface area contributed by atoms with Crippen molar-refractivity contribution in [2.24, 2.45) is 0 Å². The maximum absolute atomic E-state index is 5.58. The fraction of sp³-hybridized carbons (Fsp3) is 0.700. The lowest BCUT2D eigenvalue weighted by Gasteiger charge is -2.07. The van der Waals surface area contributed by atoms with Crippen LogP contribution in [0.25, 0.3) is 0 Å². The highest BCUT2D eigenvalue weighted by molar-refractivity contribution is 7.98. The van der Waals surface area contributed by atoms with Crippen LogP contribution in [0, 0.1) is 0 Å². The summed E-state index contributed by atoms with van der Waals surface area (Å²) in [4.78, 5) is 12.0. The molecular formula is C10H19N5OS. The first-order chi connectivity index (χ1) is 8.26. The zero-order valence-electron chi connectivity index (χ0n) is 10.3. The monoisotopic (exact) mass is 257 g/mol. The Labute approximate surface area is 106 Å². The molecule has 6 nitrogen and oxygen atoms in total. The first-order valence-corrected chi connectivity index (χ1v) is 7.02. The molecule has 0 bridgehead atoms. The lowest BCUT2D eigenvalue weighted by atomic mass is 10.5. The molecule has 0 aromatic carbocycles. The minimum absolute atomic E-state index is 0.179. The Morgan fingerprint density at radius 1 is 1.35 bits per heavy atom. The smallest absolute Gasteiger partial charge is 0.323 e. The molecular weight excluding hydrogens is 238 g/mol. The van der Waals surface area contributed by atoms with Crippen LogP contribution in [0.4, 0.5) is 11.9 Å². The average Bonchev–Trinajstić information content (AvgIpc) is 2.31. The molecule has 0 amide bonds. The van der Waals surface area contributed by atoms with E-state index in [0.717, 1.165) is 25.1 Å². The first-order valence-electron chi connectivity index (χ1n) is 5.63. The van der Waals surface area contributed by atoms with Gasteiger partial charge in [0.05, 0.1) is 6.61 Å². The number of rotatable bonds is 8. The number of anilines is 2. The maximum Gasteiger partial charge on any atom is 0.323 e. The van der Waals surface area contributed by atoms with Crippen molar-refractivity contribution in [3.8, 4) is 6.01 Å². The molecule has 1 aromatic rings. The second kappa shape index (κ2) is 7.94. The molecule has 1 aromatic heterocycles. The molecule has 0 aliphatic carbocycles. The minimum atomic E-state index is 0.179. The summed E-state index contributed by atoms with van der Waals surface area (Å²) >= 11 is 1.81. The highest BCUT2D eigenvalue weighted by Crippen LogP contribution is 2.09. The van der Waals surface area contributed by atoms with Gasteiger partial charge in [-0.1, -0.05) is 6.92 Å². The number of thioether (sulfide) groups is 1. The number of nitrogens with one attached hydrogen (secondary N) is 1. The fourth-order valence-electron chi connectivity index (χ4n) is 1.13. The van der Waals surface area contributed by atoms with Crippen LogP contribution in [0.15, 0.2) is 0 Å². The Kier molecular flexibility index (Phi) is 6.46. The van der Waals surface area contributed by atoms with Gasteiger partial charge >= 0.3 is 6.01 Å². The van der Waals surface area contributed by atoms with Gasteiger partial charge in [-0.3, -0.25) is 0 Å². The van der Waals surface area contributed by atoms with Gasteiger partial charge in [0.15, 0.2) is 0 Å². The van der Waals surface area contributed by atoms with Crippen LogP contribution < -0.4 is 15.8 Å². The summed E-state index contributed by atoms with van der Waals surface area (Å²) in [6, 6.07) is 0.284. The number of hydrogen-bond acceptors (Lipinski definition) is 7. The van der Waals surface area contributed by atoms with E-state index in [2.05, 4.69) is 26.5 Å². The lowest BCUT2D eigenvalue weighted by Crippen LogP contribution is -2.11. The predicted molar refractivity (Wildman–Crippen MR) is 71.5 cm³/mol. The topological polar surface area (TPSA) is 86.0 Å². The number of hydrogen-bond donors (Lipinski definition) is 2. The van der Waals surface area contributed by atoms with E-state index >= 15 is 0 Å². The summed E-state index contributed by atoms with van der Waals surface area (Å²) in [6.45, 7) is 3.42. The average molecular weight is 257 g/mol. The van der Waals surface area contributed by atoms with Crippen molar-refractivity contribution in [3.63, 3.8) is 0 Å². The van der Waals surface area contributed by atoms with E-state index in [0.29, 0.717) is 12.6 Å². The van der Waals surface area contributed by atoms with Gasteiger partial charge in [0.2, 0.25) is 11.9 Å². The molecule has 0 saturated carbocycles. The van der Waals surface area contributed by atoms with Gasteiger partial charge in [-0.15, -0.1) is 0 Å². The first kappa shape index (κ1) is 13.8. The highest BCUT2D eigenvalue weighted by Gasteiger charge is 2.04. The predicted octanol–water partition coefficient (Wildman–Crippen LogP) is 1.41. The quantitative estimate of drug-likeness (QED) is 0.681. The number of aromatic nitrogens is 3. The van der Waals surface area contributed by atoms with Crippen molar-refractivity contribution in [1.82, 2.24) is 15.0 Å². The third-order valence-electron chi connectivity index (χ3n) is 1.88. The summed E-state index contributed by atoms with van der Waals surface area (Å²) in [6.07, 6.45) is 4.04. The summed E-state index contributed by atoms with van der Waals surface area (Å²) in [5, 5.41) is 3.10. The van der Waals surface area contributed by atoms with Crippen LogP contribution in [-0.4, -0.2) is 40.1 Å². The molecule has 0 fully saturated rings. The van der Waals surface area contributed by atoms with Crippen molar-refractivity contribution in [2.75, 3.05) is 36.2 Å². The van der Waals surface area contributed by atoms with Crippen LogP contribution in [0.5, 0.6) is 6.01 Å². The van der Waals surface area contributed by atoms with Crippen molar-refractivity contribution < 1.29 is 4.74 Å². The molecule has 0 radical (unpaired) electrons. The standard InChI is InChI=1S/C10H19N5OS/c1-3-6-16-10-14-8(11)13-9(15-10)12-5-4-7-17-2/h3-7H2,1-2H3,(H3,11,12,13,14,15). The van der Waals surface area contributed by atoms with E-state index in [9.17, 15) is 0 Å². The van der Waals surface area contributed by atoms with Crippen LogP contribution in [0.3, 0.4) is 0 Å². The number of nitrogen functional groups attached to an aromatic ring is 1. The van der Waals surface area contributed by atoms with E-state index in [4.69, 9.17) is 10.5 Å². The van der Waals surface area contributed by atoms with Crippen LogP contribution in [-0.2, 0) is 0 Å². The van der Waals surface area contributed by atoms with Crippen LogP contribution in [0.2, 0.25) is 0 Å². The molecule has 0 aliphatic rings. The maximum atomic E-state index is 5.58. The van der Waals surface area contributed by atoms with Crippen molar-refractivity contribution in [2.45, 2.75) is 19.8 Å². The second-order valence-electron chi connectivity index (χ2n) is 3.42. The Morgan fingerprint density at radius 3 is 2.88 bits per heavy atom. The van der Waals surface area contributed by atoms with Gasteiger partial charge in [0, 0.05) is 6.54 Å². The molecule has 0 spiro atoms. The molecule has 17 heavy (non-hydrogen) atoms. The molecule has 0 saturated heterocycles. The van der Waals surface area contributed by atoms with Gasteiger partial charge in [-0.25, -0.2) is 0 Å². The zero-order chi connectivity index (χ0) is 12.5. The minimum Gasteiger partial charge on any atom is -0.463 e. The number of ether oxygens (including phenoxy) is 1. The molecule has 0 aliphatic heterocycles. The number of nitrogens with zero attached hydrogens (tertiary/aromatic N) is 3. The SMILES string of the molecule is CCCOc1nc(N)nc(NCCCSC)n1. The fourth-order valence-corrected chi connectivity index (χ4v) is 1.56. The summed E-state index contributed by atoms with van der Waals surface area (Å²) in [5.74, 6) is 1.76. The van der Waals surface area contributed by atoms with Gasteiger partial charge < -0.3 is 15.8 Å². The van der Waals surface area contributed by atoms with Crippen molar-refractivity contribution in [3.05, 3.63) is 0 Å². The van der Waals surface area contributed by atoms with E-state index in [-0.39, 0.29) is 12.0 Å². The van der Waals surface area contributed by atoms with E-state index in [1.54, 1.807) is 0 Å². The molecule has 3 N–H and O–H groups in total. The third-order valence-corrected chi connectivity index (χ3v) is 2.57. The Morgan fingerprint density at radius 2 is 2.18 bits per heavy atom. The van der Waals surface area contributed by atoms with Gasteiger partial charge in [0.25, 0.3) is 0 Å². The Balaban J connectivity index is 2.50. The Bertz CT molecular complexity index is 336. The second-order valence-corrected chi connectivity index (χ2v) is 4.41. The van der Waals surface area contributed by atoms with Gasteiger partial charge in [0.1, 0.15) is 0 Å². The van der Waals surface area contributed by atoms with Crippen molar-refractivity contribution >= 4 is 23.7 Å². The molecule has 96 valence electrons. The Hall–Kier alpha value is -1.24. The number of nitrogens with two attached hydrogens (primary N) is 1. The molecule has 1 rings (SSSR count). The van der Waals surface area contributed by atoms with E-state index in [1.807, 2.05) is 18.7 Å². The molecule has 1 heterocycles. The summed E-state index contributed by atoms with van der Waals surface area (Å²) < 4.78 is 5.32. The normalized spacial score (nSPS) is 10.2. The summed E-state index contributed by atoms with van der Waals surface area (Å²) in [7, 11) is 0. The van der Waals surface area contributed by atoms with E-state index < -0.39 is 0 Å². The van der Waals surface area contributed by atoms with Crippen molar-refractivity contribution in [1.29, 1.82) is 0 Å². The molecule has 0 atom stereocenters. The zero-order valence-corrected chi connectivity index (χ0v) is 11.1.